The van der Waals surface area contributed by atoms with Crippen molar-refractivity contribution in [1.82, 2.24) is 9.88 Å². The number of benzene rings is 2. The molecule has 4 nitrogen and oxygen atoms in total. The van der Waals surface area contributed by atoms with Gasteiger partial charge < -0.3 is 9.88 Å². The lowest BCUT2D eigenvalue weighted by Gasteiger charge is -2.23. The Hall–Kier alpha value is -2.11. The molecule has 29 heavy (non-hydrogen) atoms. The van der Waals surface area contributed by atoms with Gasteiger partial charge in [-0.2, -0.15) is 0 Å². The highest BCUT2D eigenvalue weighted by Gasteiger charge is 2.36. The third-order valence-corrected chi connectivity index (χ3v) is 8.28. The summed E-state index contributed by atoms with van der Waals surface area (Å²) in [6.07, 6.45) is 4.23. The van der Waals surface area contributed by atoms with Crippen molar-refractivity contribution >= 4 is 20.7 Å². The molecule has 0 spiro atoms. The van der Waals surface area contributed by atoms with E-state index in [-0.39, 0.29) is 0 Å². The molecule has 0 aliphatic carbocycles. The molecule has 1 N–H and O–H groups in total. The van der Waals surface area contributed by atoms with Crippen molar-refractivity contribution in [2.75, 3.05) is 0 Å². The lowest BCUT2D eigenvalue weighted by Crippen LogP contribution is -2.32. The summed E-state index contributed by atoms with van der Waals surface area (Å²) in [7, 11) is -1.44. The van der Waals surface area contributed by atoms with E-state index in [0.29, 0.717) is 27.8 Å². The van der Waals surface area contributed by atoms with Gasteiger partial charge in [0.1, 0.15) is 0 Å². The molecule has 3 aromatic rings. The van der Waals surface area contributed by atoms with Gasteiger partial charge in [-0.05, 0) is 66.6 Å². The molecular formula is C24H28N2O2S. The molecule has 2 aromatic carbocycles. The summed E-state index contributed by atoms with van der Waals surface area (Å²) in [6.45, 7) is 4.30. The summed E-state index contributed by atoms with van der Waals surface area (Å²) in [5.41, 5.74) is 4.86. The van der Waals surface area contributed by atoms with E-state index in [1.165, 1.54) is 17.7 Å². The highest BCUT2D eigenvalue weighted by molar-refractivity contribution is 7.91. The van der Waals surface area contributed by atoms with E-state index in [9.17, 15) is 8.42 Å². The molecule has 1 aromatic heterocycles. The van der Waals surface area contributed by atoms with Gasteiger partial charge >= 0.3 is 0 Å². The molecule has 152 valence electrons. The fourth-order valence-corrected chi connectivity index (χ4v) is 6.55. The van der Waals surface area contributed by atoms with Crippen LogP contribution in [-0.4, -0.2) is 19.0 Å². The Labute approximate surface area is 172 Å². The van der Waals surface area contributed by atoms with E-state index in [0.717, 1.165) is 35.7 Å². The first-order chi connectivity index (χ1) is 13.8. The van der Waals surface area contributed by atoms with Gasteiger partial charge in [0.05, 0.1) is 9.79 Å². The number of aryl methyl sites for hydroxylation is 1. The fourth-order valence-electron chi connectivity index (χ4n) is 5.20. The lowest BCUT2D eigenvalue weighted by molar-refractivity contribution is 0.503. The van der Waals surface area contributed by atoms with Crippen molar-refractivity contribution in [2.45, 2.75) is 61.4 Å². The highest BCUT2D eigenvalue weighted by atomic mass is 32.2. The first-order valence-electron chi connectivity index (χ1n) is 10.6. The largest absolute Gasteiger partial charge is 0.347 e. The summed E-state index contributed by atoms with van der Waals surface area (Å²) in [6, 6.07) is 14.0. The van der Waals surface area contributed by atoms with E-state index in [1.54, 1.807) is 12.1 Å². The molecule has 0 saturated carbocycles. The Balaban J connectivity index is 1.62. The minimum absolute atomic E-state index is 0.347. The molecule has 5 rings (SSSR count). The maximum absolute atomic E-state index is 13.4. The molecule has 2 bridgehead atoms. The minimum Gasteiger partial charge on any atom is -0.347 e. The second-order valence-electron chi connectivity index (χ2n) is 9.04. The van der Waals surface area contributed by atoms with Crippen molar-refractivity contribution in [3.8, 4) is 0 Å². The maximum Gasteiger partial charge on any atom is 0.206 e. The van der Waals surface area contributed by atoms with Crippen LogP contribution in [-0.2, 0) is 29.7 Å². The van der Waals surface area contributed by atoms with Gasteiger partial charge in [-0.15, -0.1) is 0 Å². The Kier molecular flexibility index (Phi) is 4.37. The van der Waals surface area contributed by atoms with Crippen molar-refractivity contribution < 1.29 is 8.42 Å². The fraction of sp³-hybridized carbons (Fsp3) is 0.417. The maximum atomic E-state index is 13.4. The second kappa shape index (κ2) is 6.71. The number of nitrogens with one attached hydrogen (secondary N) is 1. The molecular weight excluding hydrogens is 380 g/mol. The van der Waals surface area contributed by atoms with Crippen molar-refractivity contribution in [3.05, 3.63) is 59.3 Å². The van der Waals surface area contributed by atoms with Crippen molar-refractivity contribution in [3.63, 3.8) is 0 Å². The highest BCUT2D eigenvalue weighted by Crippen LogP contribution is 2.42. The van der Waals surface area contributed by atoms with Gasteiger partial charge in [-0.3, -0.25) is 0 Å². The summed E-state index contributed by atoms with van der Waals surface area (Å²) >= 11 is 0. The molecule has 2 atom stereocenters. The molecule has 2 aliphatic rings. The van der Waals surface area contributed by atoms with Crippen LogP contribution in [0.3, 0.4) is 0 Å². The third-order valence-electron chi connectivity index (χ3n) is 6.53. The predicted molar refractivity (Wildman–Crippen MR) is 116 cm³/mol. The van der Waals surface area contributed by atoms with Crippen LogP contribution in [0.1, 0.15) is 49.6 Å². The van der Waals surface area contributed by atoms with E-state index < -0.39 is 9.84 Å². The molecule has 2 unspecified atom stereocenters. The van der Waals surface area contributed by atoms with Crippen molar-refractivity contribution in [1.29, 1.82) is 0 Å². The van der Waals surface area contributed by atoms with Crippen LogP contribution in [0, 0.1) is 5.92 Å². The van der Waals surface area contributed by atoms with Gasteiger partial charge in [0.2, 0.25) is 9.84 Å². The van der Waals surface area contributed by atoms with Gasteiger partial charge in [0, 0.05) is 42.1 Å². The second-order valence-corrected chi connectivity index (χ2v) is 11.0. The van der Waals surface area contributed by atoms with Gasteiger partial charge in [0.25, 0.3) is 0 Å². The predicted octanol–water partition coefficient (Wildman–Crippen LogP) is 4.56. The monoisotopic (exact) mass is 408 g/mol. The molecule has 2 aliphatic heterocycles. The molecule has 1 fully saturated rings. The number of sulfone groups is 1. The van der Waals surface area contributed by atoms with Gasteiger partial charge in [0.15, 0.2) is 0 Å². The quantitative estimate of drug-likeness (QED) is 0.689. The Morgan fingerprint density at radius 1 is 1.10 bits per heavy atom. The zero-order chi connectivity index (χ0) is 20.3. The summed E-state index contributed by atoms with van der Waals surface area (Å²) in [5, 5.41) is 4.79. The standard InChI is InChI=1S/C24H28N2O2S/c1-15(2)11-16-5-4-6-18(12-16)29(27,28)19-8-10-22-20(14-19)24-21-9-7-17(25-21)13-23(24)26(22)3/h4-6,8,10,12,14-15,17,21,25H,7,9,11,13H2,1-3H3. The number of hydrogen-bond acceptors (Lipinski definition) is 3. The minimum atomic E-state index is -3.55. The smallest absolute Gasteiger partial charge is 0.206 e. The Morgan fingerprint density at radius 3 is 2.69 bits per heavy atom. The number of fused-ring (bicyclic) bond motifs is 6. The van der Waals surface area contributed by atoms with Crippen LogP contribution in [0.25, 0.3) is 10.9 Å². The topological polar surface area (TPSA) is 51.1 Å². The van der Waals surface area contributed by atoms with E-state index in [4.69, 9.17) is 0 Å². The van der Waals surface area contributed by atoms with Gasteiger partial charge in [-0.1, -0.05) is 26.0 Å². The molecule has 3 heterocycles. The van der Waals surface area contributed by atoms with Crippen LogP contribution in [0.5, 0.6) is 0 Å². The van der Waals surface area contributed by atoms with Crippen LogP contribution in [0.4, 0.5) is 0 Å². The third kappa shape index (κ3) is 3.03. The Morgan fingerprint density at radius 2 is 1.90 bits per heavy atom. The molecule has 1 saturated heterocycles. The first kappa shape index (κ1) is 18.9. The van der Waals surface area contributed by atoms with E-state index in [2.05, 4.69) is 30.8 Å². The number of rotatable bonds is 4. The zero-order valence-corrected chi connectivity index (χ0v) is 18.1. The van der Waals surface area contributed by atoms with Gasteiger partial charge in [-0.25, -0.2) is 8.42 Å². The summed E-state index contributed by atoms with van der Waals surface area (Å²) < 4.78 is 29.1. The number of aromatic nitrogens is 1. The number of nitrogens with zero attached hydrogens (tertiary/aromatic N) is 1. The van der Waals surface area contributed by atoms with Crippen LogP contribution >= 0.6 is 0 Å². The van der Waals surface area contributed by atoms with Crippen LogP contribution < -0.4 is 5.32 Å². The summed E-state index contributed by atoms with van der Waals surface area (Å²) in [5.74, 6) is 0.489. The van der Waals surface area contributed by atoms with Crippen molar-refractivity contribution in [2.24, 2.45) is 13.0 Å². The van der Waals surface area contributed by atoms with E-state index in [1.807, 2.05) is 30.3 Å². The lowest BCUT2D eigenvalue weighted by atomic mass is 9.99. The molecule has 5 heteroatoms. The molecule has 0 radical (unpaired) electrons. The first-order valence-corrected chi connectivity index (χ1v) is 12.0. The Bertz CT molecular complexity index is 1210. The average molecular weight is 409 g/mol. The van der Waals surface area contributed by atoms with Crippen LogP contribution in [0.15, 0.2) is 52.3 Å². The summed E-state index contributed by atoms with van der Waals surface area (Å²) in [4.78, 5) is 0.777. The normalized spacial score (nSPS) is 21.1. The zero-order valence-electron chi connectivity index (χ0n) is 17.3. The number of hydrogen-bond donors (Lipinski definition) is 1. The molecule has 0 amide bonds. The van der Waals surface area contributed by atoms with Crippen LogP contribution in [0.2, 0.25) is 0 Å². The average Bonchev–Trinajstić information content (AvgIpc) is 3.20. The van der Waals surface area contributed by atoms with E-state index >= 15 is 0 Å². The SMILES string of the molecule is CC(C)Cc1cccc(S(=O)(=O)c2ccc3c(c2)c2c(n3C)CC3CCC2N3)c1.